The van der Waals surface area contributed by atoms with Crippen LogP contribution >= 0.6 is 46.0 Å². The fourth-order valence-electron chi connectivity index (χ4n) is 2.32. The van der Waals surface area contributed by atoms with Crippen molar-refractivity contribution in [3.8, 4) is 0 Å². The van der Waals surface area contributed by atoms with E-state index in [0.717, 1.165) is 43.1 Å². The summed E-state index contributed by atoms with van der Waals surface area (Å²) in [6.07, 6.45) is 2.49. The molecule has 0 atom stereocenters. The van der Waals surface area contributed by atoms with Crippen molar-refractivity contribution in [2.45, 2.75) is 23.1 Å². The van der Waals surface area contributed by atoms with Gasteiger partial charge in [-0.3, -0.25) is 0 Å². The molecule has 0 unspecified atom stereocenters. The van der Waals surface area contributed by atoms with E-state index in [-0.39, 0.29) is 0 Å². The Morgan fingerprint density at radius 3 is 2.85 bits per heavy atom. The number of rotatable bonds is 8. The zero-order valence-electron chi connectivity index (χ0n) is 14.1. The maximum absolute atomic E-state index is 5.93. The maximum Gasteiger partial charge on any atom is 0.206 e. The van der Waals surface area contributed by atoms with Gasteiger partial charge in [-0.15, -0.1) is 21.5 Å². The van der Waals surface area contributed by atoms with Crippen LogP contribution < -0.4 is 5.32 Å². The van der Waals surface area contributed by atoms with Crippen molar-refractivity contribution in [3.05, 3.63) is 75.1 Å². The SMILES string of the molecule is Clc1ccc(Cc2nc(CSc3nnc(NCc4ccco4)s3)cs2)cc1. The minimum atomic E-state index is 0.604. The summed E-state index contributed by atoms with van der Waals surface area (Å²) in [5.74, 6) is 1.65. The summed E-state index contributed by atoms with van der Waals surface area (Å²) in [5, 5.41) is 16.3. The van der Waals surface area contributed by atoms with Crippen LogP contribution in [0, 0.1) is 0 Å². The Morgan fingerprint density at radius 1 is 1.15 bits per heavy atom. The third-order valence-electron chi connectivity index (χ3n) is 3.61. The molecule has 0 aliphatic carbocycles. The smallest absolute Gasteiger partial charge is 0.206 e. The monoisotopic (exact) mass is 434 g/mol. The highest BCUT2D eigenvalue weighted by atomic mass is 35.5. The van der Waals surface area contributed by atoms with Gasteiger partial charge in [0.05, 0.1) is 23.5 Å². The van der Waals surface area contributed by atoms with E-state index in [1.807, 2.05) is 36.4 Å². The molecule has 0 aliphatic heterocycles. The minimum Gasteiger partial charge on any atom is -0.467 e. The van der Waals surface area contributed by atoms with Gasteiger partial charge in [-0.25, -0.2) is 4.98 Å². The number of benzene rings is 1. The number of hydrogen-bond acceptors (Lipinski definition) is 8. The number of nitrogens with zero attached hydrogens (tertiary/aromatic N) is 3. The number of aromatic nitrogens is 3. The molecule has 0 spiro atoms. The van der Waals surface area contributed by atoms with Crippen molar-refractivity contribution in [3.63, 3.8) is 0 Å². The molecule has 1 N–H and O–H groups in total. The third kappa shape index (κ3) is 5.32. The van der Waals surface area contributed by atoms with Crippen LogP contribution in [0.3, 0.4) is 0 Å². The van der Waals surface area contributed by atoms with Crippen LogP contribution in [0.5, 0.6) is 0 Å². The van der Waals surface area contributed by atoms with Crippen LogP contribution in [0.4, 0.5) is 5.13 Å². The first kappa shape index (κ1) is 18.5. The molecule has 0 bridgehead atoms. The molecule has 3 aromatic heterocycles. The lowest BCUT2D eigenvalue weighted by Crippen LogP contribution is -1.96. The molecule has 0 saturated heterocycles. The number of anilines is 1. The molecule has 0 radical (unpaired) electrons. The van der Waals surface area contributed by atoms with Gasteiger partial charge >= 0.3 is 0 Å². The molecular weight excluding hydrogens is 420 g/mol. The molecule has 0 amide bonds. The first-order valence-corrected chi connectivity index (χ1v) is 11.2. The summed E-state index contributed by atoms with van der Waals surface area (Å²) in [7, 11) is 0. The van der Waals surface area contributed by atoms with E-state index < -0.39 is 0 Å². The van der Waals surface area contributed by atoms with E-state index in [0.29, 0.717) is 6.54 Å². The molecule has 0 aliphatic rings. The fourth-order valence-corrected chi connectivity index (χ4v) is 5.02. The predicted molar refractivity (Wildman–Crippen MR) is 112 cm³/mol. The van der Waals surface area contributed by atoms with Gasteiger partial charge in [0.1, 0.15) is 5.76 Å². The van der Waals surface area contributed by atoms with Gasteiger partial charge in [0.15, 0.2) is 4.34 Å². The van der Waals surface area contributed by atoms with Gasteiger partial charge in [-0.2, -0.15) is 0 Å². The first-order valence-electron chi connectivity index (χ1n) is 8.15. The average molecular weight is 435 g/mol. The van der Waals surface area contributed by atoms with Crippen LogP contribution in [0.1, 0.15) is 22.0 Å². The van der Waals surface area contributed by atoms with E-state index >= 15 is 0 Å². The number of furan rings is 1. The summed E-state index contributed by atoms with van der Waals surface area (Å²) in [5.41, 5.74) is 2.28. The van der Waals surface area contributed by atoms with E-state index in [1.54, 1.807) is 29.4 Å². The molecule has 0 saturated carbocycles. The molecular formula is C18H15ClN4OS3. The molecule has 3 heterocycles. The standard InChI is InChI=1S/C18H15ClN4OS3/c19-13-5-3-12(4-6-13)8-16-21-14(10-25-16)11-26-18-23-22-17(27-18)20-9-15-2-1-7-24-15/h1-7,10H,8-9,11H2,(H,20,22). The second-order valence-electron chi connectivity index (χ2n) is 5.63. The van der Waals surface area contributed by atoms with E-state index in [9.17, 15) is 0 Å². The van der Waals surface area contributed by atoms with E-state index in [4.69, 9.17) is 21.0 Å². The zero-order chi connectivity index (χ0) is 18.5. The van der Waals surface area contributed by atoms with Gasteiger partial charge in [0.25, 0.3) is 0 Å². The lowest BCUT2D eigenvalue weighted by molar-refractivity contribution is 0.518. The third-order valence-corrected chi connectivity index (χ3v) is 6.81. The lowest BCUT2D eigenvalue weighted by Gasteiger charge is -1.98. The molecule has 4 rings (SSSR count). The molecule has 27 heavy (non-hydrogen) atoms. The van der Waals surface area contributed by atoms with Crippen LogP contribution in [-0.2, 0) is 18.7 Å². The first-order chi connectivity index (χ1) is 13.2. The fraction of sp³-hybridized carbons (Fsp3) is 0.167. The number of thioether (sulfide) groups is 1. The molecule has 4 aromatic rings. The minimum absolute atomic E-state index is 0.604. The van der Waals surface area contributed by atoms with Gasteiger partial charge in [0, 0.05) is 22.6 Å². The summed E-state index contributed by atoms with van der Waals surface area (Å²) in [6.45, 7) is 0.604. The Kier molecular flexibility index (Phi) is 6.08. The summed E-state index contributed by atoms with van der Waals surface area (Å²) in [4.78, 5) is 4.71. The van der Waals surface area contributed by atoms with Crippen molar-refractivity contribution in [1.82, 2.24) is 15.2 Å². The molecule has 0 fully saturated rings. The lowest BCUT2D eigenvalue weighted by atomic mass is 10.2. The zero-order valence-corrected chi connectivity index (χ0v) is 17.3. The van der Waals surface area contributed by atoms with Crippen molar-refractivity contribution in [1.29, 1.82) is 0 Å². The Hall–Kier alpha value is -1.87. The normalized spacial score (nSPS) is 11.0. The van der Waals surface area contributed by atoms with Crippen LogP contribution in [-0.4, -0.2) is 15.2 Å². The second kappa shape index (κ2) is 8.88. The Labute approximate surface area is 173 Å². The topological polar surface area (TPSA) is 63.8 Å². The summed E-state index contributed by atoms with van der Waals surface area (Å²) >= 11 is 10.8. The molecule has 138 valence electrons. The van der Waals surface area contributed by atoms with Crippen LogP contribution in [0.15, 0.2) is 56.8 Å². The molecule has 9 heteroatoms. The van der Waals surface area contributed by atoms with Gasteiger partial charge in [-0.05, 0) is 29.8 Å². The largest absolute Gasteiger partial charge is 0.467 e. The number of halogens is 1. The summed E-state index contributed by atoms with van der Waals surface area (Å²) < 4.78 is 6.21. The van der Waals surface area contributed by atoms with Crippen molar-refractivity contribution < 1.29 is 4.42 Å². The quantitative estimate of drug-likeness (QED) is 0.357. The second-order valence-corrected chi connectivity index (χ2v) is 9.21. The van der Waals surface area contributed by atoms with Gasteiger partial charge in [-0.1, -0.05) is 46.8 Å². The van der Waals surface area contributed by atoms with Gasteiger partial charge in [0.2, 0.25) is 5.13 Å². The highest BCUT2D eigenvalue weighted by Crippen LogP contribution is 2.29. The van der Waals surface area contributed by atoms with Gasteiger partial charge < -0.3 is 9.73 Å². The van der Waals surface area contributed by atoms with Crippen LogP contribution in [0.2, 0.25) is 5.02 Å². The highest BCUT2D eigenvalue weighted by molar-refractivity contribution is 8.00. The van der Waals surface area contributed by atoms with Crippen molar-refractivity contribution >= 4 is 51.2 Å². The Balaban J connectivity index is 1.28. The van der Waals surface area contributed by atoms with Crippen molar-refractivity contribution in [2.75, 3.05) is 5.32 Å². The van der Waals surface area contributed by atoms with Crippen LogP contribution in [0.25, 0.3) is 0 Å². The summed E-state index contributed by atoms with van der Waals surface area (Å²) in [6, 6.07) is 11.7. The molecule has 1 aromatic carbocycles. The van der Waals surface area contributed by atoms with E-state index in [2.05, 4.69) is 20.9 Å². The highest BCUT2D eigenvalue weighted by Gasteiger charge is 2.08. The molecule has 5 nitrogen and oxygen atoms in total. The van der Waals surface area contributed by atoms with Crippen molar-refractivity contribution in [2.24, 2.45) is 0 Å². The predicted octanol–water partition coefficient (Wildman–Crippen LogP) is 5.74. The Bertz CT molecular complexity index is 982. The number of hydrogen-bond donors (Lipinski definition) is 1. The number of thiazole rings is 1. The maximum atomic E-state index is 5.93. The average Bonchev–Trinajstić information content (AvgIpc) is 3.42. The van der Waals surface area contributed by atoms with E-state index in [1.165, 1.54) is 16.9 Å². The Morgan fingerprint density at radius 2 is 2.04 bits per heavy atom. The number of nitrogens with one attached hydrogen (secondary N) is 1.